The van der Waals surface area contributed by atoms with Gasteiger partial charge in [0.05, 0.1) is 18.1 Å². The number of aromatic amines is 1. The number of nitrogens with one attached hydrogen (secondary N) is 1. The Morgan fingerprint density at radius 2 is 1.89 bits per heavy atom. The summed E-state index contributed by atoms with van der Waals surface area (Å²) in [6, 6.07) is 13.4. The molecule has 3 aromatic rings. The van der Waals surface area contributed by atoms with Crippen LogP contribution in [0, 0.1) is 4.77 Å². The van der Waals surface area contributed by atoms with Crippen LogP contribution in [0.4, 0.5) is 0 Å². The Labute approximate surface area is 120 Å². The Hall–Kier alpha value is -1.78. The lowest BCUT2D eigenvalue weighted by atomic mass is 10.2. The molecule has 3 nitrogen and oxygen atoms in total. The number of aromatic nitrogens is 2. The van der Waals surface area contributed by atoms with Gasteiger partial charge in [0.2, 0.25) is 0 Å². The first kappa shape index (κ1) is 12.3. The van der Waals surface area contributed by atoms with Crippen LogP contribution in [0.3, 0.4) is 0 Å². The zero-order valence-electron chi connectivity index (χ0n) is 10.2. The second-order valence-electron chi connectivity index (χ2n) is 4.13. The maximum absolute atomic E-state index is 5.92. The van der Waals surface area contributed by atoms with Crippen molar-refractivity contribution in [3.8, 4) is 11.4 Å². The second kappa shape index (κ2) is 4.72. The molecule has 0 spiro atoms. The number of methoxy groups -OCH3 is 1. The Balaban J connectivity index is 2.30. The molecule has 0 aliphatic rings. The highest BCUT2D eigenvalue weighted by Crippen LogP contribution is 2.24. The minimum absolute atomic E-state index is 0.644. The molecule has 0 saturated carbocycles. The van der Waals surface area contributed by atoms with Crippen molar-refractivity contribution in [3.63, 3.8) is 0 Å². The van der Waals surface area contributed by atoms with Crippen molar-refractivity contribution in [1.29, 1.82) is 0 Å². The Morgan fingerprint density at radius 3 is 2.58 bits per heavy atom. The Kier molecular flexibility index (Phi) is 3.05. The number of hydrogen-bond donors (Lipinski definition) is 1. The molecular weight excluding hydrogens is 280 g/mol. The van der Waals surface area contributed by atoms with Crippen LogP contribution in [0.2, 0.25) is 5.02 Å². The molecule has 0 radical (unpaired) electrons. The normalized spacial score (nSPS) is 10.8. The van der Waals surface area contributed by atoms with Gasteiger partial charge in [0, 0.05) is 16.8 Å². The van der Waals surface area contributed by atoms with Crippen LogP contribution in [0.5, 0.6) is 5.75 Å². The monoisotopic (exact) mass is 290 g/mol. The maximum Gasteiger partial charge on any atom is 0.182 e. The summed E-state index contributed by atoms with van der Waals surface area (Å²) in [5.41, 5.74) is 2.92. The van der Waals surface area contributed by atoms with Crippen molar-refractivity contribution in [2.75, 3.05) is 7.11 Å². The summed E-state index contributed by atoms with van der Waals surface area (Å²) in [6.07, 6.45) is 0. The molecule has 0 amide bonds. The fourth-order valence-corrected chi connectivity index (χ4v) is 2.50. The molecule has 0 bridgehead atoms. The zero-order valence-corrected chi connectivity index (χ0v) is 11.8. The van der Waals surface area contributed by atoms with E-state index in [9.17, 15) is 0 Å². The SMILES string of the molecule is COc1ccc2[nH]c(=S)n(-c3ccc(Cl)cc3)c2c1. The number of nitrogens with zero attached hydrogens (tertiary/aromatic N) is 1. The van der Waals surface area contributed by atoms with Crippen molar-refractivity contribution in [2.24, 2.45) is 0 Å². The summed E-state index contributed by atoms with van der Waals surface area (Å²) >= 11 is 11.3. The minimum atomic E-state index is 0.644. The van der Waals surface area contributed by atoms with Gasteiger partial charge in [0.1, 0.15) is 5.75 Å². The van der Waals surface area contributed by atoms with Gasteiger partial charge in [-0.15, -0.1) is 0 Å². The Bertz CT molecular complexity index is 789. The number of ether oxygens (including phenoxy) is 1. The summed E-state index contributed by atoms with van der Waals surface area (Å²) in [4.78, 5) is 3.18. The predicted molar refractivity (Wildman–Crippen MR) is 80.0 cm³/mol. The van der Waals surface area contributed by atoms with E-state index in [1.54, 1.807) is 7.11 Å². The van der Waals surface area contributed by atoms with E-state index >= 15 is 0 Å². The Morgan fingerprint density at radius 1 is 1.16 bits per heavy atom. The van der Waals surface area contributed by atoms with Crippen molar-refractivity contribution in [1.82, 2.24) is 9.55 Å². The maximum atomic E-state index is 5.92. The summed E-state index contributed by atoms with van der Waals surface area (Å²) in [6.45, 7) is 0. The molecule has 3 rings (SSSR count). The highest BCUT2D eigenvalue weighted by molar-refractivity contribution is 7.71. The van der Waals surface area contributed by atoms with Crippen molar-refractivity contribution in [2.45, 2.75) is 0 Å². The fraction of sp³-hybridized carbons (Fsp3) is 0.0714. The van der Waals surface area contributed by atoms with Crippen LogP contribution >= 0.6 is 23.8 Å². The van der Waals surface area contributed by atoms with Gasteiger partial charge in [0.15, 0.2) is 4.77 Å². The molecule has 0 aliphatic heterocycles. The van der Waals surface area contributed by atoms with E-state index in [1.807, 2.05) is 47.0 Å². The largest absolute Gasteiger partial charge is 0.497 e. The molecule has 0 aliphatic carbocycles. The van der Waals surface area contributed by atoms with Gasteiger partial charge in [-0.1, -0.05) is 11.6 Å². The zero-order chi connectivity index (χ0) is 13.4. The lowest BCUT2D eigenvalue weighted by Crippen LogP contribution is -1.93. The molecule has 0 unspecified atom stereocenters. The van der Waals surface area contributed by atoms with Gasteiger partial charge in [-0.25, -0.2) is 0 Å². The molecule has 5 heteroatoms. The van der Waals surface area contributed by atoms with Crippen LogP contribution in [-0.4, -0.2) is 16.7 Å². The topological polar surface area (TPSA) is 29.9 Å². The van der Waals surface area contributed by atoms with E-state index in [0.717, 1.165) is 22.5 Å². The highest BCUT2D eigenvalue weighted by Gasteiger charge is 2.07. The molecule has 0 saturated heterocycles. The number of benzene rings is 2. The first-order valence-electron chi connectivity index (χ1n) is 5.74. The second-order valence-corrected chi connectivity index (χ2v) is 4.95. The molecule has 0 fully saturated rings. The van der Waals surface area contributed by atoms with Gasteiger partial charge >= 0.3 is 0 Å². The average molecular weight is 291 g/mol. The number of halogens is 1. The van der Waals surface area contributed by atoms with Crippen molar-refractivity contribution < 1.29 is 4.74 Å². The molecular formula is C14H11ClN2OS. The van der Waals surface area contributed by atoms with E-state index in [4.69, 9.17) is 28.6 Å². The van der Waals surface area contributed by atoms with Gasteiger partial charge in [-0.2, -0.15) is 0 Å². The molecule has 1 aromatic heterocycles. The first-order valence-corrected chi connectivity index (χ1v) is 6.52. The van der Waals surface area contributed by atoms with Gasteiger partial charge in [0.25, 0.3) is 0 Å². The van der Waals surface area contributed by atoms with Crippen LogP contribution in [0.15, 0.2) is 42.5 Å². The van der Waals surface area contributed by atoms with E-state index in [-0.39, 0.29) is 0 Å². The van der Waals surface area contributed by atoms with Gasteiger partial charge in [-0.05, 0) is 48.6 Å². The third kappa shape index (κ3) is 2.13. The minimum Gasteiger partial charge on any atom is -0.497 e. The van der Waals surface area contributed by atoms with E-state index in [1.165, 1.54) is 0 Å². The summed E-state index contributed by atoms with van der Waals surface area (Å²) in [5.74, 6) is 0.796. The lowest BCUT2D eigenvalue weighted by molar-refractivity contribution is 0.415. The van der Waals surface area contributed by atoms with Crippen LogP contribution in [-0.2, 0) is 0 Å². The summed E-state index contributed by atoms with van der Waals surface area (Å²) in [7, 11) is 1.65. The number of fused-ring (bicyclic) bond motifs is 1. The van der Waals surface area contributed by atoms with Gasteiger partial charge in [-0.3, -0.25) is 4.57 Å². The first-order chi connectivity index (χ1) is 9.19. The van der Waals surface area contributed by atoms with Crippen molar-refractivity contribution in [3.05, 3.63) is 52.3 Å². The van der Waals surface area contributed by atoms with E-state index in [2.05, 4.69) is 4.98 Å². The predicted octanol–water partition coefficient (Wildman–Crippen LogP) is 4.35. The third-order valence-corrected chi connectivity index (χ3v) is 3.51. The van der Waals surface area contributed by atoms with Crippen LogP contribution < -0.4 is 4.74 Å². The number of imidazole rings is 1. The third-order valence-electron chi connectivity index (χ3n) is 2.98. The number of hydrogen-bond acceptors (Lipinski definition) is 2. The van der Waals surface area contributed by atoms with Crippen LogP contribution in [0.1, 0.15) is 0 Å². The van der Waals surface area contributed by atoms with E-state index < -0.39 is 0 Å². The highest BCUT2D eigenvalue weighted by atomic mass is 35.5. The molecule has 96 valence electrons. The standard InChI is InChI=1S/C14H11ClN2OS/c1-18-11-6-7-12-13(8-11)17(14(19)16-12)10-4-2-9(15)3-5-10/h2-8H,1H3,(H,16,19). The smallest absolute Gasteiger partial charge is 0.182 e. The lowest BCUT2D eigenvalue weighted by Gasteiger charge is -2.05. The van der Waals surface area contributed by atoms with Crippen molar-refractivity contribution >= 4 is 34.9 Å². The van der Waals surface area contributed by atoms with E-state index in [0.29, 0.717) is 9.79 Å². The summed E-state index contributed by atoms with van der Waals surface area (Å²) < 4.78 is 7.87. The molecule has 19 heavy (non-hydrogen) atoms. The van der Waals surface area contributed by atoms with Gasteiger partial charge < -0.3 is 9.72 Å². The quantitative estimate of drug-likeness (QED) is 0.711. The number of H-pyrrole nitrogens is 1. The average Bonchev–Trinajstić information content (AvgIpc) is 2.75. The fourth-order valence-electron chi connectivity index (χ4n) is 2.06. The molecule has 0 atom stereocenters. The molecule has 1 heterocycles. The molecule has 1 N–H and O–H groups in total. The summed E-state index contributed by atoms with van der Waals surface area (Å²) in [5, 5.41) is 0.702. The van der Waals surface area contributed by atoms with Crippen LogP contribution in [0.25, 0.3) is 16.7 Å². The molecule has 2 aromatic carbocycles. The number of rotatable bonds is 2.